The number of anilines is 2. The van der Waals surface area contributed by atoms with Gasteiger partial charge in [0, 0.05) is 17.6 Å². The summed E-state index contributed by atoms with van der Waals surface area (Å²) in [6.45, 7) is 3.75. The van der Waals surface area contributed by atoms with E-state index in [0.717, 1.165) is 11.3 Å². The SMILES string of the molecule is CC(C)Oc1ncccc1C(=O)Nc1ccc2c(c1)CC(=O)N2. The fraction of sp³-hybridized carbons (Fsp3) is 0.235. The predicted molar refractivity (Wildman–Crippen MR) is 86.7 cm³/mol. The summed E-state index contributed by atoms with van der Waals surface area (Å²) in [4.78, 5) is 28.0. The van der Waals surface area contributed by atoms with Crippen molar-refractivity contribution in [2.24, 2.45) is 0 Å². The Balaban J connectivity index is 1.80. The summed E-state index contributed by atoms with van der Waals surface area (Å²) < 4.78 is 5.57. The summed E-state index contributed by atoms with van der Waals surface area (Å²) in [5.41, 5.74) is 2.66. The fourth-order valence-corrected chi connectivity index (χ4v) is 2.39. The van der Waals surface area contributed by atoms with Crippen molar-refractivity contribution in [2.75, 3.05) is 10.6 Å². The van der Waals surface area contributed by atoms with E-state index in [2.05, 4.69) is 15.6 Å². The minimum Gasteiger partial charge on any atom is -0.474 e. The van der Waals surface area contributed by atoms with Gasteiger partial charge in [0.25, 0.3) is 5.91 Å². The lowest BCUT2D eigenvalue weighted by atomic mass is 10.1. The van der Waals surface area contributed by atoms with Crippen LogP contribution in [0.1, 0.15) is 29.8 Å². The van der Waals surface area contributed by atoms with E-state index in [1.807, 2.05) is 13.8 Å². The number of nitrogens with zero attached hydrogens (tertiary/aromatic N) is 1. The topological polar surface area (TPSA) is 80.3 Å². The van der Waals surface area contributed by atoms with Gasteiger partial charge >= 0.3 is 0 Å². The molecule has 6 heteroatoms. The molecule has 23 heavy (non-hydrogen) atoms. The van der Waals surface area contributed by atoms with Crippen LogP contribution in [0.2, 0.25) is 0 Å². The first kappa shape index (κ1) is 15.0. The molecule has 0 radical (unpaired) electrons. The highest BCUT2D eigenvalue weighted by molar-refractivity contribution is 6.06. The Hall–Kier alpha value is -2.89. The number of carbonyl (C=O) groups excluding carboxylic acids is 2. The molecule has 2 N–H and O–H groups in total. The van der Waals surface area contributed by atoms with Gasteiger partial charge in [0.1, 0.15) is 5.56 Å². The molecule has 1 aliphatic heterocycles. The zero-order chi connectivity index (χ0) is 16.4. The second-order valence-corrected chi connectivity index (χ2v) is 5.57. The molecule has 0 spiro atoms. The third kappa shape index (κ3) is 3.31. The summed E-state index contributed by atoms with van der Waals surface area (Å²) >= 11 is 0. The summed E-state index contributed by atoms with van der Waals surface area (Å²) in [5.74, 6) is -0.0349. The Kier molecular flexibility index (Phi) is 3.97. The number of ether oxygens (including phenoxy) is 1. The lowest BCUT2D eigenvalue weighted by Crippen LogP contribution is -2.16. The largest absolute Gasteiger partial charge is 0.474 e. The Bertz CT molecular complexity index is 771. The average molecular weight is 311 g/mol. The lowest BCUT2D eigenvalue weighted by molar-refractivity contribution is -0.115. The minimum absolute atomic E-state index is 0.0386. The number of carbonyl (C=O) groups is 2. The maximum atomic E-state index is 12.5. The molecule has 0 unspecified atom stereocenters. The van der Waals surface area contributed by atoms with Crippen LogP contribution < -0.4 is 15.4 Å². The number of benzene rings is 1. The maximum Gasteiger partial charge on any atom is 0.261 e. The molecule has 1 aromatic carbocycles. The van der Waals surface area contributed by atoms with Crippen LogP contribution in [-0.4, -0.2) is 22.9 Å². The predicted octanol–water partition coefficient (Wildman–Crippen LogP) is 2.62. The third-order valence-corrected chi connectivity index (χ3v) is 3.35. The minimum atomic E-state index is -0.300. The molecule has 118 valence electrons. The van der Waals surface area contributed by atoms with E-state index in [4.69, 9.17) is 4.74 Å². The molecule has 0 aliphatic carbocycles. The summed E-state index contributed by atoms with van der Waals surface area (Å²) in [6.07, 6.45) is 1.84. The van der Waals surface area contributed by atoms with Crippen LogP contribution >= 0.6 is 0 Å². The Morgan fingerprint density at radius 2 is 2.17 bits per heavy atom. The van der Waals surface area contributed by atoms with Crippen LogP contribution in [0.3, 0.4) is 0 Å². The number of fused-ring (bicyclic) bond motifs is 1. The molecule has 2 aromatic rings. The number of amides is 2. The highest BCUT2D eigenvalue weighted by atomic mass is 16.5. The normalized spacial score (nSPS) is 12.7. The first-order valence-corrected chi connectivity index (χ1v) is 7.39. The second kappa shape index (κ2) is 6.08. The molecule has 2 amide bonds. The molecule has 0 fully saturated rings. The number of nitrogens with one attached hydrogen (secondary N) is 2. The average Bonchev–Trinajstić information content (AvgIpc) is 2.86. The van der Waals surface area contributed by atoms with Gasteiger partial charge in [-0.2, -0.15) is 0 Å². The van der Waals surface area contributed by atoms with Crippen LogP contribution in [0.5, 0.6) is 5.88 Å². The molecular formula is C17H17N3O3. The van der Waals surface area contributed by atoms with Crippen LogP contribution in [-0.2, 0) is 11.2 Å². The molecule has 0 bridgehead atoms. The smallest absolute Gasteiger partial charge is 0.261 e. The van der Waals surface area contributed by atoms with Crippen molar-refractivity contribution in [1.82, 2.24) is 4.98 Å². The van der Waals surface area contributed by atoms with E-state index in [0.29, 0.717) is 23.6 Å². The molecule has 1 aromatic heterocycles. The molecule has 0 atom stereocenters. The van der Waals surface area contributed by atoms with Gasteiger partial charge < -0.3 is 15.4 Å². The van der Waals surface area contributed by atoms with Gasteiger partial charge in [0.05, 0.1) is 12.5 Å². The van der Waals surface area contributed by atoms with E-state index in [1.165, 1.54) is 0 Å². The first-order valence-electron chi connectivity index (χ1n) is 7.39. The number of rotatable bonds is 4. The van der Waals surface area contributed by atoms with Gasteiger partial charge in [0.15, 0.2) is 0 Å². The standard InChI is InChI=1S/C17H17N3O3/c1-10(2)23-17-13(4-3-7-18-17)16(22)19-12-5-6-14-11(8-12)9-15(21)20-14/h3-8,10H,9H2,1-2H3,(H,19,22)(H,20,21). The van der Waals surface area contributed by atoms with Crippen molar-refractivity contribution >= 4 is 23.2 Å². The van der Waals surface area contributed by atoms with Crippen molar-refractivity contribution in [3.05, 3.63) is 47.7 Å². The monoisotopic (exact) mass is 311 g/mol. The fourth-order valence-electron chi connectivity index (χ4n) is 2.39. The van der Waals surface area contributed by atoms with E-state index in [-0.39, 0.29) is 17.9 Å². The van der Waals surface area contributed by atoms with E-state index in [9.17, 15) is 9.59 Å². The van der Waals surface area contributed by atoms with Crippen molar-refractivity contribution in [3.8, 4) is 5.88 Å². The lowest BCUT2D eigenvalue weighted by Gasteiger charge is -2.13. The van der Waals surface area contributed by atoms with Crippen LogP contribution in [0.4, 0.5) is 11.4 Å². The van der Waals surface area contributed by atoms with Gasteiger partial charge in [-0.25, -0.2) is 4.98 Å². The molecular weight excluding hydrogens is 294 g/mol. The van der Waals surface area contributed by atoms with Gasteiger partial charge in [0.2, 0.25) is 11.8 Å². The van der Waals surface area contributed by atoms with E-state index >= 15 is 0 Å². The zero-order valence-corrected chi connectivity index (χ0v) is 12.9. The quantitative estimate of drug-likeness (QED) is 0.909. The number of hydrogen-bond donors (Lipinski definition) is 2. The van der Waals surface area contributed by atoms with Crippen LogP contribution in [0, 0.1) is 0 Å². The molecule has 3 rings (SSSR count). The van der Waals surface area contributed by atoms with Gasteiger partial charge in [-0.15, -0.1) is 0 Å². The van der Waals surface area contributed by atoms with Gasteiger partial charge in [-0.05, 0) is 49.7 Å². The van der Waals surface area contributed by atoms with Crippen molar-refractivity contribution in [1.29, 1.82) is 0 Å². The first-order chi connectivity index (χ1) is 11.0. The number of hydrogen-bond acceptors (Lipinski definition) is 4. The van der Waals surface area contributed by atoms with Gasteiger partial charge in [-0.3, -0.25) is 9.59 Å². The van der Waals surface area contributed by atoms with Crippen molar-refractivity contribution < 1.29 is 14.3 Å². The van der Waals surface area contributed by atoms with Crippen LogP contribution in [0.25, 0.3) is 0 Å². The van der Waals surface area contributed by atoms with Crippen LogP contribution in [0.15, 0.2) is 36.5 Å². The summed E-state index contributed by atoms with van der Waals surface area (Å²) in [7, 11) is 0. The molecule has 0 saturated carbocycles. The third-order valence-electron chi connectivity index (χ3n) is 3.35. The molecule has 1 aliphatic rings. The second-order valence-electron chi connectivity index (χ2n) is 5.57. The summed E-state index contributed by atoms with van der Waals surface area (Å²) in [5, 5.41) is 5.58. The van der Waals surface area contributed by atoms with Crippen molar-refractivity contribution in [3.63, 3.8) is 0 Å². The molecule has 0 saturated heterocycles. The highest BCUT2D eigenvalue weighted by Gasteiger charge is 2.19. The molecule has 2 heterocycles. The van der Waals surface area contributed by atoms with Gasteiger partial charge in [-0.1, -0.05) is 0 Å². The number of aromatic nitrogens is 1. The summed E-state index contributed by atoms with van der Waals surface area (Å²) in [6, 6.07) is 8.68. The highest BCUT2D eigenvalue weighted by Crippen LogP contribution is 2.26. The Morgan fingerprint density at radius 1 is 1.35 bits per heavy atom. The Labute approximate surface area is 133 Å². The molecule has 6 nitrogen and oxygen atoms in total. The van der Waals surface area contributed by atoms with E-state index < -0.39 is 0 Å². The maximum absolute atomic E-state index is 12.5. The zero-order valence-electron chi connectivity index (χ0n) is 12.9. The van der Waals surface area contributed by atoms with E-state index in [1.54, 1.807) is 36.5 Å². The van der Waals surface area contributed by atoms with Crippen molar-refractivity contribution in [2.45, 2.75) is 26.4 Å². The Morgan fingerprint density at radius 3 is 2.96 bits per heavy atom. The number of pyridine rings is 1.